The van der Waals surface area contributed by atoms with Crippen LogP contribution in [-0.4, -0.2) is 35.5 Å². The van der Waals surface area contributed by atoms with Crippen LogP contribution in [0, 0.1) is 0 Å². The van der Waals surface area contributed by atoms with E-state index in [-0.39, 0.29) is 7.43 Å². The molecule has 0 spiro atoms. The lowest BCUT2D eigenvalue weighted by Crippen LogP contribution is -2.27. The van der Waals surface area contributed by atoms with Gasteiger partial charge in [0.15, 0.2) is 0 Å². The zero-order chi connectivity index (χ0) is 14.2. The summed E-state index contributed by atoms with van der Waals surface area (Å²) in [5.41, 5.74) is 5.37. The number of benzene rings is 1. The Morgan fingerprint density at radius 3 is 3.00 bits per heavy atom. The summed E-state index contributed by atoms with van der Waals surface area (Å²) in [4.78, 5) is 2.53. The van der Waals surface area contributed by atoms with Gasteiger partial charge in [-0.1, -0.05) is 13.5 Å². The van der Waals surface area contributed by atoms with Crippen LogP contribution in [0.15, 0.2) is 29.8 Å². The van der Waals surface area contributed by atoms with Gasteiger partial charge in [0.05, 0.1) is 0 Å². The lowest BCUT2D eigenvalue weighted by atomic mass is 9.91. The molecule has 4 heteroatoms. The number of likely N-dealkylation sites (tertiary alicyclic amines) is 1. The molecule has 0 saturated carbocycles. The summed E-state index contributed by atoms with van der Waals surface area (Å²) in [6.07, 6.45) is 5.96. The Morgan fingerprint density at radius 2 is 2.27 bits per heavy atom. The molecule has 0 aliphatic carbocycles. The maximum absolute atomic E-state index is 4.22. The molecule has 118 valence electrons. The Labute approximate surface area is 137 Å². The van der Waals surface area contributed by atoms with Crippen molar-refractivity contribution in [3.63, 3.8) is 0 Å². The van der Waals surface area contributed by atoms with Crippen molar-refractivity contribution < 1.29 is 0 Å². The lowest BCUT2D eigenvalue weighted by Gasteiger charge is -2.23. The smallest absolute Gasteiger partial charge is 0.0485 e. The Kier molecular flexibility index (Phi) is 4.50. The number of anilines is 1. The predicted octanol–water partition coefficient (Wildman–Crippen LogP) is 4.44. The van der Waals surface area contributed by atoms with Gasteiger partial charge in [-0.05, 0) is 67.6 Å². The van der Waals surface area contributed by atoms with Crippen molar-refractivity contribution in [3.8, 4) is 11.1 Å². The summed E-state index contributed by atoms with van der Waals surface area (Å²) < 4.78 is 4.22. The maximum atomic E-state index is 4.22. The van der Waals surface area contributed by atoms with Crippen molar-refractivity contribution in [1.29, 1.82) is 0 Å². The topological polar surface area (TPSA) is 28.2 Å². The number of hydrogen-bond donors (Lipinski definition) is 1. The quantitative estimate of drug-likeness (QED) is 0.907. The Morgan fingerprint density at radius 1 is 1.36 bits per heavy atom. The van der Waals surface area contributed by atoms with E-state index in [1.165, 1.54) is 59.7 Å². The second-order valence-corrected chi connectivity index (χ2v) is 6.96. The van der Waals surface area contributed by atoms with Gasteiger partial charge in [0.1, 0.15) is 0 Å². The number of fused-ring (bicyclic) bond motifs is 1. The summed E-state index contributed by atoms with van der Waals surface area (Å²) in [5.74, 6) is 0.650. The predicted molar refractivity (Wildman–Crippen MR) is 95.8 cm³/mol. The normalized spacial score (nSPS) is 23.9. The number of hydrogen-bond acceptors (Lipinski definition) is 4. The Balaban J connectivity index is 0.00000144. The average molecular weight is 315 g/mol. The van der Waals surface area contributed by atoms with Gasteiger partial charge in [-0.3, -0.25) is 0 Å². The fraction of sp³-hybridized carbons (Fsp3) is 0.500. The van der Waals surface area contributed by atoms with Crippen molar-refractivity contribution in [2.24, 2.45) is 0 Å². The molecule has 3 heterocycles. The summed E-state index contributed by atoms with van der Waals surface area (Å²) >= 11 is 1.52. The van der Waals surface area contributed by atoms with E-state index in [9.17, 15) is 0 Å². The molecule has 1 N–H and O–H groups in total. The molecule has 0 radical (unpaired) electrons. The van der Waals surface area contributed by atoms with Crippen LogP contribution < -0.4 is 5.32 Å². The van der Waals surface area contributed by atoms with Gasteiger partial charge in [-0.2, -0.15) is 0 Å². The first-order valence-electron chi connectivity index (χ1n) is 7.79. The molecule has 2 aliphatic heterocycles. The molecule has 22 heavy (non-hydrogen) atoms. The first-order valence-corrected chi connectivity index (χ1v) is 8.63. The fourth-order valence-electron chi connectivity index (χ4n) is 3.75. The van der Waals surface area contributed by atoms with Crippen LogP contribution in [0.25, 0.3) is 11.1 Å². The highest BCUT2D eigenvalue weighted by atomic mass is 32.1. The summed E-state index contributed by atoms with van der Waals surface area (Å²) in [7, 11) is 2.27. The highest BCUT2D eigenvalue weighted by Gasteiger charge is 2.29. The summed E-state index contributed by atoms with van der Waals surface area (Å²) in [5, 5.41) is 5.71. The third-order valence-corrected chi connectivity index (χ3v) is 5.61. The van der Waals surface area contributed by atoms with E-state index in [1.807, 2.05) is 6.20 Å². The van der Waals surface area contributed by atoms with Gasteiger partial charge in [-0.25, -0.2) is 4.37 Å². The van der Waals surface area contributed by atoms with E-state index >= 15 is 0 Å². The molecule has 1 saturated heterocycles. The molecule has 0 bridgehead atoms. The molecule has 2 aromatic rings. The first kappa shape index (κ1) is 15.5. The highest BCUT2D eigenvalue weighted by Crippen LogP contribution is 2.39. The van der Waals surface area contributed by atoms with Crippen molar-refractivity contribution >= 4 is 17.2 Å². The molecule has 3 nitrogen and oxygen atoms in total. The van der Waals surface area contributed by atoms with Crippen molar-refractivity contribution in [3.05, 3.63) is 35.3 Å². The molecule has 1 fully saturated rings. The second kappa shape index (κ2) is 6.39. The number of rotatable bonds is 3. The Bertz CT molecular complexity index is 623. The fourth-order valence-corrected chi connectivity index (χ4v) is 4.29. The summed E-state index contributed by atoms with van der Waals surface area (Å²) in [6, 6.07) is 7.58. The molecular weight excluding hydrogens is 290 g/mol. The minimum absolute atomic E-state index is 0. The maximum Gasteiger partial charge on any atom is 0.0485 e. The van der Waals surface area contributed by atoms with Crippen LogP contribution in [0.2, 0.25) is 0 Å². The van der Waals surface area contributed by atoms with E-state index in [0.717, 1.165) is 12.6 Å². The minimum Gasteiger partial charge on any atom is -0.384 e. The zero-order valence-electron chi connectivity index (χ0n) is 12.4. The van der Waals surface area contributed by atoms with E-state index in [2.05, 4.69) is 45.2 Å². The van der Waals surface area contributed by atoms with Gasteiger partial charge >= 0.3 is 0 Å². The van der Waals surface area contributed by atoms with E-state index in [0.29, 0.717) is 5.92 Å². The molecule has 2 unspecified atom stereocenters. The monoisotopic (exact) mass is 315 g/mol. The van der Waals surface area contributed by atoms with Crippen LogP contribution >= 0.6 is 11.5 Å². The SMILES string of the molecule is C.CN1CCCC1CC1CNc2ccc(-c3cnsc3)cc21. The Hall–Kier alpha value is -1.39. The average Bonchev–Trinajstić information content (AvgIpc) is 3.22. The zero-order valence-corrected chi connectivity index (χ0v) is 13.2. The molecule has 2 atom stereocenters. The standard InChI is InChI=1S/C17H21N3S.CH4/c1-20-6-2-3-15(20)7-13-9-18-17-5-4-12(8-16(13)17)14-10-19-21-11-14;/h4-5,8,10-11,13,15,18H,2-3,6-7,9H2,1H3;1H4. The molecular formula is C18H25N3S. The molecule has 1 aromatic heterocycles. The van der Waals surface area contributed by atoms with E-state index < -0.39 is 0 Å². The number of aromatic nitrogens is 1. The lowest BCUT2D eigenvalue weighted by molar-refractivity contribution is 0.285. The third-order valence-electron chi connectivity index (χ3n) is 5.02. The van der Waals surface area contributed by atoms with Crippen LogP contribution in [0.4, 0.5) is 5.69 Å². The van der Waals surface area contributed by atoms with Gasteiger partial charge in [0.2, 0.25) is 0 Å². The van der Waals surface area contributed by atoms with Gasteiger partial charge in [0.25, 0.3) is 0 Å². The third kappa shape index (κ3) is 2.77. The van der Waals surface area contributed by atoms with Gasteiger partial charge < -0.3 is 10.2 Å². The van der Waals surface area contributed by atoms with Crippen molar-refractivity contribution in [2.75, 3.05) is 25.5 Å². The van der Waals surface area contributed by atoms with Crippen molar-refractivity contribution in [1.82, 2.24) is 9.27 Å². The number of nitrogens with one attached hydrogen (secondary N) is 1. The molecule has 2 aliphatic rings. The molecule has 1 aromatic carbocycles. The first-order chi connectivity index (χ1) is 10.3. The minimum atomic E-state index is 0. The van der Waals surface area contributed by atoms with Gasteiger partial charge in [-0.15, -0.1) is 0 Å². The van der Waals surface area contributed by atoms with E-state index in [4.69, 9.17) is 0 Å². The number of nitrogens with zero attached hydrogens (tertiary/aromatic N) is 2. The second-order valence-electron chi connectivity index (χ2n) is 6.31. The van der Waals surface area contributed by atoms with Crippen LogP contribution in [0.5, 0.6) is 0 Å². The van der Waals surface area contributed by atoms with Crippen LogP contribution in [-0.2, 0) is 0 Å². The van der Waals surface area contributed by atoms with Crippen LogP contribution in [0.1, 0.15) is 38.2 Å². The molecule has 0 amide bonds. The van der Waals surface area contributed by atoms with E-state index in [1.54, 1.807) is 0 Å². The van der Waals surface area contributed by atoms with Crippen molar-refractivity contribution in [2.45, 2.75) is 38.6 Å². The molecule has 4 rings (SSSR count). The van der Waals surface area contributed by atoms with Gasteiger partial charge in [0, 0.05) is 41.3 Å². The van der Waals surface area contributed by atoms with Crippen LogP contribution in [0.3, 0.4) is 0 Å². The largest absolute Gasteiger partial charge is 0.384 e. The summed E-state index contributed by atoms with van der Waals surface area (Å²) in [6.45, 7) is 2.35. The highest BCUT2D eigenvalue weighted by molar-refractivity contribution is 7.03.